The standard InChI is InChI=1S/C23H28N2O2Si/c1-23(2,3)28(20-10-6-4-7-11-20,21-12-8-5-9-13-21)27-17-16-26-22-15-14-19(24)18-25-22/h4-15,18H,16-17,24H2,1-3H3. The maximum atomic E-state index is 6.77. The highest BCUT2D eigenvalue weighted by Gasteiger charge is 2.50. The minimum Gasteiger partial charge on any atom is -0.475 e. The molecule has 2 N–H and O–H groups in total. The summed E-state index contributed by atoms with van der Waals surface area (Å²) < 4.78 is 12.5. The summed E-state index contributed by atoms with van der Waals surface area (Å²) in [4.78, 5) is 4.19. The molecule has 4 nitrogen and oxygen atoms in total. The van der Waals surface area contributed by atoms with Gasteiger partial charge in [0.2, 0.25) is 5.88 Å². The number of nitrogen functional groups attached to an aromatic ring is 1. The Balaban J connectivity index is 1.87. The van der Waals surface area contributed by atoms with Crippen LogP contribution in [0.3, 0.4) is 0 Å². The molecule has 0 unspecified atom stereocenters. The van der Waals surface area contributed by atoms with E-state index >= 15 is 0 Å². The number of hydrogen-bond acceptors (Lipinski definition) is 4. The lowest BCUT2D eigenvalue weighted by molar-refractivity contribution is 0.203. The summed E-state index contributed by atoms with van der Waals surface area (Å²) in [6.07, 6.45) is 1.60. The maximum Gasteiger partial charge on any atom is 0.261 e. The van der Waals surface area contributed by atoms with Gasteiger partial charge in [-0.25, -0.2) is 4.98 Å². The molecule has 3 aromatic rings. The molecule has 0 atom stereocenters. The lowest BCUT2D eigenvalue weighted by Crippen LogP contribution is -2.66. The van der Waals surface area contributed by atoms with Crippen LogP contribution in [0.15, 0.2) is 79.0 Å². The van der Waals surface area contributed by atoms with Crippen molar-refractivity contribution >= 4 is 24.4 Å². The van der Waals surface area contributed by atoms with E-state index in [0.29, 0.717) is 24.8 Å². The average molecular weight is 393 g/mol. The molecule has 0 radical (unpaired) electrons. The second kappa shape index (κ2) is 8.58. The third-order valence-corrected chi connectivity index (χ3v) is 9.87. The monoisotopic (exact) mass is 392 g/mol. The van der Waals surface area contributed by atoms with Gasteiger partial charge >= 0.3 is 0 Å². The van der Waals surface area contributed by atoms with E-state index in [-0.39, 0.29) is 5.04 Å². The Morgan fingerprint density at radius 1 is 0.821 bits per heavy atom. The third kappa shape index (κ3) is 4.26. The quantitative estimate of drug-likeness (QED) is 0.493. The van der Waals surface area contributed by atoms with Crippen molar-refractivity contribution in [3.8, 4) is 5.88 Å². The van der Waals surface area contributed by atoms with E-state index in [1.165, 1.54) is 10.4 Å². The molecule has 146 valence electrons. The van der Waals surface area contributed by atoms with Crippen LogP contribution in [0, 0.1) is 0 Å². The number of benzene rings is 2. The van der Waals surface area contributed by atoms with Gasteiger partial charge in [-0.1, -0.05) is 81.4 Å². The summed E-state index contributed by atoms with van der Waals surface area (Å²) in [5.74, 6) is 0.556. The van der Waals surface area contributed by atoms with Crippen LogP contribution in [-0.2, 0) is 4.43 Å². The van der Waals surface area contributed by atoms with Crippen LogP contribution in [-0.4, -0.2) is 26.5 Å². The fourth-order valence-corrected chi connectivity index (χ4v) is 8.12. The number of aromatic nitrogens is 1. The molecule has 1 heterocycles. The fourth-order valence-electron chi connectivity index (χ4n) is 3.58. The van der Waals surface area contributed by atoms with Gasteiger partial charge in [0.25, 0.3) is 8.32 Å². The van der Waals surface area contributed by atoms with E-state index in [1.807, 2.05) is 12.1 Å². The van der Waals surface area contributed by atoms with Crippen molar-refractivity contribution in [1.29, 1.82) is 0 Å². The van der Waals surface area contributed by atoms with Crippen LogP contribution < -0.4 is 20.8 Å². The molecule has 0 aliphatic carbocycles. The largest absolute Gasteiger partial charge is 0.475 e. The molecule has 0 saturated carbocycles. The minimum absolute atomic E-state index is 0.0465. The Labute approximate surface area is 168 Å². The van der Waals surface area contributed by atoms with E-state index < -0.39 is 8.32 Å². The zero-order chi connectivity index (χ0) is 20.0. The molecule has 0 fully saturated rings. The predicted molar refractivity (Wildman–Crippen MR) is 118 cm³/mol. The Morgan fingerprint density at radius 2 is 1.39 bits per heavy atom. The molecule has 0 aliphatic rings. The lowest BCUT2D eigenvalue weighted by Gasteiger charge is -2.43. The zero-order valence-electron chi connectivity index (χ0n) is 16.8. The van der Waals surface area contributed by atoms with Crippen LogP contribution in [0.5, 0.6) is 5.88 Å². The highest BCUT2D eigenvalue weighted by molar-refractivity contribution is 6.99. The van der Waals surface area contributed by atoms with Crippen molar-refractivity contribution in [2.24, 2.45) is 0 Å². The summed E-state index contributed by atoms with van der Waals surface area (Å²) in [7, 11) is -2.52. The SMILES string of the molecule is CC(C)(C)[Si](OCCOc1ccc(N)cn1)(c1ccccc1)c1ccccc1. The molecule has 5 heteroatoms. The Kier molecular flexibility index (Phi) is 6.17. The van der Waals surface area contributed by atoms with Crippen LogP contribution in [0.2, 0.25) is 5.04 Å². The molecular weight excluding hydrogens is 364 g/mol. The second-order valence-electron chi connectivity index (χ2n) is 7.79. The van der Waals surface area contributed by atoms with Gasteiger partial charge in [0.15, 0.2) is 0 Å². The normalized spacial score (nSPS) is 12.0. The van der Waals surface area contributed by atoms with E-state index in [0.717, 1.165) is 0 Å². The smallest absolute Gasteiger partial charge is 0.261 e. The fraction of sp³-hybridized carbons (Fsp3) is 0.261. The second-order valence-corrected chi connectivity index (χ2v) is 12.1. The van der Waals surface area contributed by atoms with Crippen LogP contribution in [0.4, 0.5) is 5.69 Å². The van der Waals surface area contributed by atoms with Crippen LogP contribution >= 0.6 is 0 Å². The van der Waals surface area contributed by atoms with Crippen molar-refractivity contribution in [3.63, 3.8) is 0 Å². The Morgan fingerprint density at radius 3 is 1.86 bits per heavy atom. The summed E-state index contributed by atoms with van der Waals surface area (Å²) >= 11 is 0. The lowest BCUT2D eigenvalue weighted by atomic mass is 10.2. The van der Waals surface area contributed by atoms with Crippen molar-refractivity contribution in [2.75, 3.05) is 18.9 Å². The molecule has 1 aromatic heterocycles. The van der Waals surface area contributed by atoms with Crippen molar-refractivity contribution in [3.05, 3.63) is 79.0 Å². The summed E-state index contributed by atoms with van der Waals surface area (Å²) in [5.41, 5.74) is 6.30. The first kappa shape index (κ1) is 20.1. The van der Waals surface area contributed by atoms with Gasteiger partial charge in [-0.05, 0) is 21.5 Å². The number of pyridine rings is 1. The van der Waals surface area contributed by atoms with Crippen molar-refractivity contribution in [1.82, 2.24) is 4.98 Å². The molecule has 0 saturated heterocycles. The molecule has 0 bridgehead atoms. The van der Waals surface area contributed by atoms with Gasteiger partial charge in [0.1, 0.15) is 6.61 Å². The predicted octanol–water partition coefficient (Wildman–Crippen LogP) is 3.62. The first-order valence-electron chi connectivity index (χ1n) is 9.53. The van der Waals surface area contributed by atoms with E-state index in [2.05, 4.69) is 74.3 Å². The average Bonchev–Trinajstić information content (AvgIpc) is 2.70. The topological polar surface area (TPSA) is 57.4 Å². The molecule has 0 aliphatic heterocycles. The first-order chi connectivity index (χ1) is 13.4. The number of hydrogen-bond donors (Lipinski definition) is 1. The van der Waals surface area contributed by atoms with Gasteiger partial charge in [0.05, 0.1) is 18.5 Å². The molecule has 0 spiro atoms. The van der Waals surface area contributed by atoms with E-state index in [9.17, 15) is 0 Å². The summed E-state index contributed by atoms with van der Waals surface area (Å²) in [6, 6.07) is 24.8. The molecule has 3 rings (SSSR count). The zero-order valence-corrected chi connectivity index (χ0v) is 17.8. The van der Waals surface area contributed by atoms with Gasteiger partial charge < -0.3 is 14.9 Å². The summed E-state index contributed by atoms with van der Waals surface area (Å²) in [6.45, 7) is 7.71. The minimum atomic E-state index is -2.52. The van der Waals surface area contributed by atoms with Gasteiger partial charge in [0, 0.05) is 6.07 Å². The highest BCUT2D eigenvalue weighted by atomic mass is 28.4. The number of ether oxygens (including phenoxy) is 1. The number of anilines is 1. The molecule has 28 heavy (non-hydrogen) atoms. The van der Waals surface area contributed by atoms with Gasteiger partial charge in [-0.2, -0.15) is 0 Å². The van der Waals surface area contributed by atoms with Gasteiger partial charge in [-0.3, -0.25) is 0 Å². The molecule has 0 amide bonds. The van der Waals surface area contributed by atoms with Crippen molar-refractivity contribution in [2.45, 2.75) is 25.8 Å². The maximum absolute atomic E-state index is 6.77. The number of nitrogens with zero attached hydrogens (tertiary/aromatic N) is 1. The van der Waals surface area contributed by atoms with Crippen molar-refractivity contribution < 1.29 is 9.16 Å². The van der Waals surface area contributed by atoms with E-state index in [1.54, 1.807) is 18.3 Å². The first-order valence-corrected chi connectivity index (χ1v) is 11.4. The Bertz CT molecular complexity index is 823. The highest BCUT2D eigenvalue weighted by Crippen LogP contribution is 2.36. The van der Waals surface area contributed by atoms with Crippen LogP contribution in [0.1, 0.15) is 20.8 Å². The number of rotatable bonds is 7. The third-order valence-electron chi connectivity index (χ3n) is 4.83. The molecular formula is C23H28N2O2Si. The van der Waals surface area contributed by atoms with Gasteiger partial charge in [-0.15, -0.1) is 0 Å². The van der Waals surface area contributed by atoms with Crippen LogP contribution in [0.25, 0.3) is 0 Å². The summed E-state index contributed by atoms with van der Waals surface area (Å²) in [5, 5.41) is 2.48. The van der Waals surface area contributed by atoms with E-state index in [4.69, 9.17) is 14.9 Å². The number of nitrogens with two attached hydrogens (primary N) is 1. The Hall–Kier alpha value is -2.63. The molecule has 2 aromatic carbocycles.